The van der Waals surface area contributed by atoms with Crippen LogP contribution in [0.2, 0.25) is 0 Å². The molecule has 0 saturated carbocycles. The fourth-order valence-corrected chi connectivity index (χ4v) is 2.69. The molecule has 104 valence electrons. The van der Waals surface area contributed by atoms with Crippen LogP contribution >= 0.6 is 11.3 Å². The average molecular weight is 292 g/mol. The maximum Gasteiger partial charge on any atom is 0.355 e. The zero-order valence-electron chi connectivity index (χ0n) is 10.9. The molecule has 0 unspecified atom stereocenters. The van der Waals surface area contributed by atoms with Crippen molar-refractivity contribution in [2.45, 2.75) is 20.3 Å². The van der Waals surface area contributed by atoms with Crippen LogP contribution in [0.1, 0.15) is 32.2 Å². The molecule has 0 bridgehead atoms. The number of carbonyl (C=O) groups is 1. The highest BCUT2D eigenvalue weighted by Gasteiger charge is 2.15. The lowest BCUT2D eigenvalue weighted by Gasteiger charge is -2.06. The van der Waals surface area contributed by atoms with Crippen molar-refractivity contribution in [3.8, 4) is 0 Å². The number of hydrogen-bond acceptors (Lipinski definition) is 5. The van der Waals surface area contributed by atoms with E-state index in [1.807, 2.05) is 0 Å². The highest BCUT2D eigenvalue weighted by atomic mass is 32.1. The van der Waals surface area contributed by atoms with Gasteiger partial charge in [0.05, 0.1) is 9.93 Å². The number of nitro benzene ring substituents is 1. The number of thiazole rings is 1. The van der Waals surface area contributed by atoms with Gasteiger partial charge in [0.1, 0.15) is 0 Å². The van der Waals surface area contributed by atoms with Crippen LogP contribution in [0.3, 0.4) is 0 Å². The average Bonchev–Trinajstić information content (AvgIpc) is 2.81. The normalized spacial score (nSPS) is 10.5. The zero-order chi connectivity index (χ0) is 14.9. The van der Waals surface area contributed by atoms with Crippen LogP contribution in [0.15, 0.2) is 17.5 Å². The molecule has 0 radical (unpaired) electrons. The van der Waals surface area contributed by atoms with E-state index >= 15 is 0 Å². The van der Waals surface area contributed by atoms with E-state index in [2.05, 4.69) is 4.98 Å². The minimum Gasteiger partial charge on any atom is -0.476 e. The Balaban J connectivity index is 2.31. The van der Waals surface area contributed by atoms with Gasteiger partial charge < -0.3 is 5.11 Å². The van der Waals surface area contributed by atoms with Gasteiger partial charge in [0.2, 0.25) is 0 Å². The van der Waals surface area contributed by atoms with Gasteiger partial charge >= 0.3 is 5.97 Å². The molecule has 1 aromatic heterocycles. The van der Waals surface area contributed by atoms with Crippen LogP contribution in [-0.2, 0) is 6.42 Å². The summed E-state index contributed by atoms with van der Waals surface area (Å²) in [6, 6.07) is 3.30. The van der Waals surface area contributed by atoms with Gasteiger partial charge in [0, 0.05) is 23.4 Å². The quantitative estimate of drug-likeness (QED) is 0.690. The minimum absolute atomic E-state index is 0.0290. The second-order valence-electron chi connectivity index (χ2n) is 4.43. The predicted octanol–water partition coefficient (Wildman–Crippen LogP) is 2.96. The number of aromatic carboxylic acids is 1. The number of carboxylic acid groups (broad SMARTS) is 1. The Morgan fingerprint density at radius 1 is 1.40 bits per heavy atom. The molecule has 0 aliphatic carbocycles. The predicted molar refractivity (Wildman–Crippen MR) is 74.4 cm³/mol. The van der Waals surface area contributed by atoms with Crippen LogP contribution in [0.25, 0.3) is 0 Å². The van der Waals surface area contributed by atoms with Crippen LogP contribution in [-0.4, -0.2) is 21.0 Å². The zero-order valence-corrected chi connectivity index (χ0v) is 11.7. The second-order valence-corrected chi connectivity index (χ2v) is 5.37. The highest BCUT2D eigenvalue weighted by molar-refractivity contribution is 7.09. The lowest BCUT2D eigenvalue weighted by atomic mass is 10.0. The van der Waals surface area contributed by atoms with Gasteiger partial charge in [-0.05, 0) is 31.0 Å². The molecule has 0 saturated heterocycles. The van der Waals surface area contributed by atoms with Gasteiger partial charge in [-0.2, -0.15) is 0 Å². The van der Waals surface area contributed by atoms with E-state index in [4.69, 9.17) is 5.11 Å². The molecular weight excluding hydrogens is 280 g/mol. The van der Waals surface area contributed by atoms with E-state index in [1.54, 1.807) is 19.9 Å². The maximum absolute atomic E-state index is 10.9. The van der Waals surface area contributed by atoms with E-state index < -0.39 is 10.9 Å². The molecule has 20 heavy (non-hydrogen) atoms. The van der Waals surface area contributed by atoms with E-state index in [1.165, 1.54) is 22.8 Å². The molecule has 7 heteroatoms. The van der Waals surface area contributed by atoms with Crippen molar-refractivity contribution in [3.63, 3.8) is 0 Å². The van der Waals surface area contributed by atoms with Crippen LogP contribution < -0.4 is 0 Å². The Morgan fingerprint density at radius 3 is 2.65 bits per heavy atom. The molecule has 6 nitrogen and oxygen atoms in total. The number of hydrogen-bond donors (Lipinski definition) is 1. The van der Waals surface area contributed by atoms with Crippen LogP contribution in [0.5, 0.6) is 0 Å². The summed E-state index contributed by atoms with van der Waals surface area (Å²) in [5.41, 5.74) is 2.43. The topological polar surface area (TPSA) is 93.3 Å². The van der Waals surface area contributed by atoms with Gasteiger partial charge in [-0.15, -0.1) is 11.3 Å². The van der Waals surface area contributed by atoms with E-state index in [-0.39, 0.29) is 11.4 Å². The second kappa shape index (κ2) is 5.38. The van der Waals surface area contributed by atoms with E-state index in [9.17, 15) is 14.9 Å². The van der Waals surface area contributed by atoms with Gasteiger partial charge in [-0.1, -0.05) is 0 Å². The summed E-state index contributed by atoms with van der Waals surface area (Å²) in [6.07, 6.45) is 0.475. The van der Waals surface area contributed by atoms with Crippen molar-refractivity contribution in [1.29, 1.82) is 0 Å². The molecule has 0 spiro atoms. The number of aromatic nitrogens is 1. The Morgan fingerprint density at radius 2 is 2.10 bits per heavy atom. The molecule has 0 amide bonds. The summed E-state index contributed by atoms with van der Waals surface area (Å²) in [5.74, 6) is -1.05. The number of rotatable bonds is 4. The van der Waals surface area contributed by atoms with Crippen molar-refractivity contribution in [1.82, 2.24) is 4.98 Å². The first-order valence-corrected chi connectivity index (χ1v) is 6.68. The third-order valence-corrected chi connectivity index (χ3v) is 3.81. The summed E-state index contributed by atoms with van der Waals surface area (Å²) >= 11 is 1.27. The number of benzene rings is 1. The fourth-order valence-electron chi connectivity index (χ4n) is 1.90. The monoisotopic (exact) mass is 292 g/mol. The molecular formula is C13H12N2O4S. The standard InChI is InChI=1S/C13H12N2O4S/c1-7-4-11(15(18)19)8(2)3-9(7)5-12-14-10(6-20-12)13(16)17/h3-4,6H,5H2,1-2H3,(H,16,17). The molecule has 0 aliphatic heterocycles. The van der Waals surface area contributed by atoms with Crippen molar-refractivity contribution < 1.29 is 14.8 Å². The van der Waals surface area contributed by atoms with Gasteiger partial charge in [-0.3, -0.25) is 10.1 Å². The summed E-state index contributed by atoms with van der Waals surface area (Å²) in [7, 11) is 0. The third-order valence-electron chi connectivity index (χ3n) is 2.96. The first-order chi connectivity index (χ1) is 9.38. The summed E-state index contributed by atoms with van der Waals surface area (Å²) in [6.45, 7) is 3.49. The largest absolute Gasteiger partial charge is 0.476 e. The van der Waals surface area contributed by atoms with Crippen molar-refractivity contribution in [3.05, 3.63) is 55.0 Å². The SMILES string of the molecule is Cc1cc([N+](=O)[O-])c(C)cc1Cc1nc(C(=O)O)cs1. The third kappa shape index (κ3) is 2.83. The maximum atomic E-state index is 10.9. The van der Waals surface area contributed by atoms with Crippen LogP contribution in [0, 0.1) is 24.0 Å². The van der Waals surface area contributed by atoms with Crippen molar-refractivity contribution in [2.24, 2.45) is 0 Å². The van der Waals surface area contributed by atoms with E-state index in [0.29, 0.717) is 17.0 Å². The van der Waals surface area contributed by atoms with Crippen molar-refractivity contribution >= 4 is 23.0 Å². The first-order valence-electron chi connectivity index (χ1n) is 5.80. The number of aryl methyl sites for hydroxylation is 2. The fraction of sp³-hybridized carbons (Fsp3) is 0.231. The Kier molecular flexibility index (Phi) is 3.80. The molecule has 0 fully saturated rings. The molecule has 1 N–H and O–H groups in total. The molecule has 2 rings (SSSR count). The number of carboxylic acids is 1. The summed E-state index contributed by atoms with van der Waals surface area (Å²) < 4.78 is 0. The molecule has 0 aliphatic rings. The molecule has 1 heterocycles. The summed E-state index contributed by atoms with van der Waals surface area (Å²) in [4.78, 5) is 25.2. The highest BCUT2D eigenvalue weighted by Crippen LogP contribution is 2.25. The summed E-state index contributed by atoms with van der Waals surface area (Å²) in [5, 5.41) is 21.9. The Bertz CT molecular complexity index is 694. The number of nitrogens with zero attached hydrogens (tertiary/aromatic N) is 2. The molecule has 2 aromatic rings. The Labute approximate surface area is 118 Å². The Hall–Kier alpha value is -2.28. The van der Waals surface area contributed by atoms with Gasteiger partial charge in [0.15, 0.2) is 5.69 Å². The van der Waals surface area contributed by atoms with E-state index in [0.717, 1.165) is 11.1 Å². The van der Waals surface area contributed by atoms with Crippen molar-refractivity contribution in [2.75, 3.05) is 0 Å². The molecule has 0 atom stereocenters. The lowest BCUT2D eigenvalue weighted by molar-refractivity contribution is -0.385. The minimum atomic E-state index is -1.05. The van der Waals surface area contributed by atoms with Gasteiger partial charge in [0.25, 0.3) is 5.69 Å². The molecule has 1 aromatic carbocycles. The van der Waals surface area contributed by atoms with Gasteiger partial charge in [-0.25, -0.2) is 9.78 Å². The van der Waals surface area contributed by atoms with Crippen LogP contribution in [0.4, 0.5) is 5.69 Å². The lowest BCUT2D eigenvalue weighted by Crippen LogP contribution is -1.99. The smallest absolute Gasteiger partial charge is 0.355 e. The number of nitro groups is 1. The first kappa shape index (κ1) is 14.1.